The Bertz CT molecular complexity index is 684. The van der Waals surface area contributed by atoms with Crippen molar-refractivity contribution in [2.45, 2.75) is 45.1 Å². The topological polar surface area (TPSA) is 32.3 Å². The van der Waals surface area contributed by atoms with E-state index < -0.39 is 0 Å². The number of hydrogen-bond acceptors (Lipinski definition) is 4. The van der Waals surface area contributed by atoms with E-state index in [4.69, 9.17) is 0 Å². The first kappa shape index (κ1) is 17.3. The zero-order valence-electron chi connectivity index (χ0n) is 14.6. The number of amides is 1. The maximum Gasteiger partial charge on any atom is 0.261 e. The fourth-order valence-corrected chi connectivity index (χ4v) is 5.93. The molecule has 1 N–H and O–H groups in total. The normalized spacial score (nSPS) is 21.0. The van der Waals surface area contributed by atoms with E-state index in [1.165, 1.54) is 47.5 Å². The molecular formula is C20H26N2OS2. The first-order chi connectivity index (χ1) is 12.3. The highest BCUT2D eigenvalue weighted by atomic mass is 32.1. The second-order valence-corrected chi connectivity index (χ2v) is 9.47. The van der Waals surface area contributed by atoms with Gasteiger partial charge in [0, 0.05) is 29.4 Å². The zero-order valence-corrected chi connectivity index (χ0v) is 16.3. The molecule has 1 aliphatic carbocycles. The Balaban J connectivity index is 1.28. The molecular weight excluding hydrogens is 348 g/mol. The van der Waals surface area contributed by atoms with Crippen LogP contribution >= 0.6 is 22.7 Å². The quantitative estimate of drug-likeness (QED) is 0.845. The average Bonchev–Trinajstić information content (AvgIpc) is 3.29. The van der Waals surface area contributed by atoms with Gasteiger partial charge < -0.3 is 5.32 Å². The molecule has 0 spiro atoms. The maximum absolute atomic E-state index is 12.5. The van der Waals surface area contributed by atoms with Gasteiger partial charge >= 0.3 is 0 Å². The van der Waals surface area contributed by atoms with Crippen molar-refractivity contribution in [3.8, 4) is 0 Å². The lowest BCUT2D eigenvalue weighted by Crippen LogP contribution is -2.40. The standard InChI is InChI=1S/C20H26N2OS2/c23-20(19-11-16-6-1-2-8-18(16)25-19)21-12-15-5-3-9-22(13-15)14-17-7-4-10-24-17/h4,7,10-11,15H,1-3,5-6,8-9,12-14H2,(H,21,23). The summed E-state index contributed by atoms with van der Waals surface area (Å²) in [5.41, 5.74) is 1.42. The summed E-state index contributed by atoms with van der Waals surface area (Å²) in [5.74, 6) is 0.710. The fraction of sp³-hybridized carbons (Fsp3) is 0.550. The molecule has 3 nitrogen and oxygen atoms in total. The third-order valence-electron chi connectivity index (χ3n) is 5.33. The minimum absolute atomic E-state index is 0.134. The molecule has 0 aromatic carbocycles. The molecule has 134 valence electrons. The summed E-state index contributed by atoms with van der Waals surface area (Å²) in [7, 11) is 0. The summed E-state index contributed by atoms with van der Waals surface area (Å²) in [5, 5.41) is 5.36. The number of likely N-dealkylation sites (tertiary alicyclic amines) is 1. The number of carbonyl (C=O) groups excluding carboxylic acids is 1. The molecule has 1 amide bonds. The third kappa shape index (κ3) is 4.33. The molecule has 4 rings (SSSR count). The van der Waals surface area contributed by atoms with Crippen LogP contribution in [0.2, 0.25) is 0 Å². The number of nitrogens with one attached hydrogen (secondary N) is 1. The van der Waals surface area contributed by atoms with E-state index in [0.29, 0.717) is 5.92 Å². The molecule has 2 aliphatic rings. The van der Waals surface area contributed by atoms with Crippen LogP contribution in [0, 0.1) is 5.92 Å². The highest BCUT2D eigenvalue weighted by Crippen LogP contribution is 2.29. The van der Waals surface area contributed by atoms with Crippen molar-refractivity contribution in [1.29, 1.82) is 0 Å². The van der Waals surface area contributed by atoms with Crippen molar-refractivity contribution in [3.05, 3.63) is 43.8 Å². The Kier molecular flexibility index (Phi) is 5.54. The summed E-state index contributed by atoms with van der Waals surface area (Å²) in [6.45, 7) is 4.14. The number of piperidine rings is 1. The molecule has 25 heavy (non-hydrogen) atoms. The minimum atomic E-state index is 0.134. The molecule has 1 saturated heterocycles. The molecule has 0 saturated carbocycles. The van der Waals surface area contributed by atoms with Crippen LogP contribution in [0.15, 0.2) is 23.6 Å². The molecule has 5 heteroatoms. The number of thiophene rings is 2. The Morgan fingerprint density at radius 2 is 2.20 bits per heavy atom. The SMILES string of the molecule is O=C(NCC1CCCN(Cc2cccs2)C1)c1cc2c(s1)CCCC2. The van der Waals surface area contributed by atoms with Gasteiger partial charge in [-0.1, -0.05) is 6.07 Å². The van der Waals surface area contributed by atoms with Gasteiger partial charge in [-0.3, -0.25) is 9.69 Å². The van der Waals surface area contributed by atoms with E-state index >= 15 is 0 Å². The number of nitrogens with zero attached hydrogens (tertiary/aromatic N) is 1. The van der Waals surface area contributed by atoms with Gasteiger partial charge in [0.15, 0.2) is 0 Å². The Labute approximate surface area is 158 Å². The van der Waals surface area contributed by atoms with E-state index in [0.717, 1.165) is 37.4 Å². The predicted octanol–water partition coefficient (Wildman–Crippen LogP) is 4.33. The van der Waals surface area contributed by atoms with Crippen LogP contribution in [-0.4, -0.2) is 30.4 Å². The zero-order chi connectivity index (χ0) is 17.1. The van der Waals surface area contributed by atoms with E-state index in [1.807, 2.05) is 11.3 Å². The van der Waals surface area contributed by atoms with Crippen molar-refractivity contribution in [1.82, 2.24) is 10.2 Å². The summed E-state index contributed by atoms with van der Waals surface area (Å²) in [6.07, 6.45) is 7.32. The number of aryl methyl sites for hydroxylation is 2. The van der Waals surface area contributed by atoms with E-state index in [1.54, 1.807) is 11.3 Å². The lowest BCUT2D eigenvalue weighted by atomic mass is 9.97. The smallest absolute Gasteiger partial charge is 0.261 e. The van der Waals surface area contributed by atoms with Crippen molar-refractivity contribution in [3.63, 3.8) is 0 Å². The molecule has 0 radical (unpaired) electrons. The second-order valence-electron chi connectivity index (χ2n) is 7.30. The maximum atomic E-state index is 12.5. The fourth-order valence-electron chi connectivity index (χ4n) is 4.01. The largest absolute Gasteiger partial charge is 0.351 e. The lowest BCUT2D eigenvalue weighted by molar-refractivity contribution is 0.0935. The van der Waals surface area contributed by atoms with Gasteiger partial charge in [0.1, 0.15) is 0 Å². The molecule has 3 heterocycles. The summed E-state index contributed by atoms with van der Waals surface area (Å²) < 4.78 is 0. The van der Waals surface area contributed by atoms with Crippen LogP contribution in [0.3, 0.4) is 0 Å². The molecule has 0 bridgehead atoms. The first-order valence-electron chi connectivity index (χ1n) is 9.42. The van der Waals surface area contributed by atoms with Gasteiger partial charge in [-0.05, 0) is 74.1 Å². The van der Waals surface area contributed by atoms with Gasteiger partial charge in [0.2, 0.25) is 0 Å². The number of hydrogen-bond donors (Lipinski definition) is 1. The van der Waals surface area contributed by atoms with Gasteiger partial charge in [-0.2, -0.15) is 0 Å². The minimum Gasteiger partial charge on any atom is -0.351 e. The van der Waals surface area contributed by atoms with E-state index in [2.05, 4.69) is 33.8 Å². The molecule has 1 atom stereocenters. The molecule has 2 aromatic rings. The highest BCUT2D eigenvalue weighted by molar-refractivity contribution is 7.14. The van der Waals surface area contributed by atoms with Crippen LogP contribution in [0.25, 0.3) is 0 Å². The van der Waals surface area contributed by atoms with Crippen molar-refractivity contribution < 1.29 is 4.79 Å². The Morgan fingerprint density at radius 1 is 1.28 bits per heavy atom. The van der Waals surface area contributed by atoms with Crippen molar-refractivity contribution in [2.24, 2.45) is 5.92 Å². The van der Waals surface area contributed by atoms with Gasteiger partial charge in [0.05, 0.1) is 4.88 Å². The van der Waals surface area contributed by atoms with Crippen LogP contribution in [0.4, 0.5) is 0 Å². The lowest BCUT2D eigenvalue weighted by Gasteiger charge is -2.32. The van der Waals surface area contributed by atoms with Gasteiger partial charge in [-0.15, -0.1) is 22.7 Å². The number of fused-ring (bicyclic) bond motifs is 1. The molecule has 1 fully saturated rings. The van der Waals surface area contributed by atoms with Crippen molar-refractivity contribution >= 4 is 28.6 Å². The molecule has 2 aromatic heterocycles. The number of rotatable bonds is 5. The van der Waals surface area contributed by atoms with E-state index in [9.17, 15) is 4.79 Å². The third-order valence-corrected chi connectivity index (χ3v) is 7.43. The van der Waals surface area contributed by atoms with Crippen LogP contribution in [0.5, 0.6) is 0 Å². The molecule has 1 unspecified atom stereocenters. The Hall–Kier alpha value is -1.17. The first-order valence-corrected chi connectivity index (χ1v) is 11.1. The summed E-state index contributed by atoms with van der Waals surface area (Å²) >= 11 is 3.55. The highest BCUT2D eigenvalue weighted by Gasteiger charge is 2.22. The number of carbonyl (C=O) groups is 1. The van der Waals surface area contributed by atoms with Crippen LogP contribution in [-0.2, 0) is 19.4 Å². The summed E-state index contributed by atoms with van der Waals surface area (Å²) in [4.78, 5) is 18.9. The van der Waals surface area contributed by atoms with Gasteiger partial charge in [-0.25, -0.2) is 0 Å². The van der Waals surface area contributed by atoms with Gasteiger partial charge in [0.25, 0.3) is 5.91 Å². The average molecular weight is 375 g/mol. The van der Waals surface area contributed by atoms with E-state index in [-0.39, 0.29) is 5.91 Å². The van der Waals surface area contributed by atoms with Crippen LogP contribution < -0.4 is 5.32 Å². The summed E-state index contributed by atoms with van der Waals surface area (Å²) in [6, 6.07) is 6.48. The monoisotopic (exact) mass is 374 g/mol. The van der Waals surface area contributed by atoms with Crippen LogP contribution in [0.1, 0.15) is 50.7 Å². The van der Waals surface area contributed by atoms with Crippen molar-refractivity contribution in [2.75, 3.05) is 19.6 Å². The Morgan fingerprint density at radius 3 is 3.04 bits per heavy atom. The second kappa shape index (κ2) is 8.02. The molecule has 1 aliphatic heterocycles. The predicted molar refractivity (Wildman–Crippen MR) is 106 cm³/mol.